The Kier molecular flexibility index (Phi) is 9.69. The quantitative estimate of drug-likeness (QED) is 0.662. The van der Waals surface area contributed by atoms with Gasteiger partial charge in [-0.2, -0.15) is 0 Å². The van der Waals surface area contributed by atoms with Crippen molar-refractivity contribution in [3.8, 4) is 0 Å². The third-order valence-electron chi connectivity index (χ3n) is 3.14. The van der Waals surface area contributed by atoms with Gasteiger partial charge in [0.05, 0.1) is 0 Å². The molecule has 1 amide bonds. The molecule has 1 N–H and O–H groups in total. The topological polar surface area (TPSA) is 50.8 Å². The van der Waals surface area contributed by atoms with E-state index in [1.807, 2.05) is 41.5 Å². The minimum atomic E-state index is -0.463. The largest absolute Gasteiger partial charge is 0.444 e. The maximum absolute atomic E-state index is 12.3. The fraction of sp³-hybridized carbons (Fsp3) is 0.941. The monoisotopic (exact) mass is 316 g/mol. The average molecular weight is 316 g/mol. The van der Waals surface area contributed by atoms with E-state index in [1.165, 1.54) is 0 Å². The number of carbonyl (C=O) groups excluding carboxylic acids is 1. The fourth-order valence-corrected chi connectivity index (χ4v) is 2.01. The zero-order chi connectivity index (χ0) is 17.2. The molecule has 0 aromatic heterocycles. The van der Waals surface area contributed by atoms with Crippen molar-refractivity contribution in [1.29, 1.82) is 0 Å². The summed E-state index contributed by atoms with van der Waals surface area (Å²) in [6.07, 6.45) is 3.15. The van der Waals surface area contributed by atoms with Crippen LogP contribution in [0, 0.1) is 0 Å². The third-order valence-corrected chi connectivity index (χ3v) is 3.14. The van der Waals surface area contributed by atoms with E-state index in [0.717, 1.165) is 39.0 Å². The molecule has 0 atom stereocenters. The number of nitrogens with zero attached hydrogens (tertiary/aromatic N) is 1. The highest BCUT2D eigenvalue weighted by atomic mass is 16.6. The molecule has 5 heteroatoms. The van der Waals surface area contributed by atoms with Crippen LogP contribution in [-0.4, -0.2) is 55.5 Å². The van der Waals surface area contributed by atoms with Crippen LogP contribution < -0.4 is 5.32 Å². The lowest BCUT2D eigenvalue weighted by Gasteiger charge is -2.36. The molecule has 0 fully saturated rings. The van der Waals surface area contributed by atoms with Gasteiger partial charge < -0.3 is 19.7 Å². The average Bonchev–Trinajstić information content (AvgIpc) is 2.33. The lowest BCUT2D eigenvalue weighted by Crippen LogP contribution is -2.50. The number of carbonyl (C=O) groups is 1. The first-order valence-electron chi connectivity index (χ1n) is 8.28. The highest BCUT2D eigenvalue weighted by Crippen LogP contribution is 2.17. The summed E-state index contributed by atoms with van der Waals surface area (Å²) in [6, 6.07) is 0. The van der Waals surface area contributed by atoms with Gasteiger partial charge >= 0.3 is 6.09 Å². The Balaban J connectivity index is 4.10. The van der Waals surface area contributed by atoms with E-state index in [1.54, 1.807) is 12.0 Å². The van der Waals surface area contributed by atoms with Crippen LogP contribution in [0.3, 0.4) is 0 Å². The van der Waals surface area contributed by atoms with Crippen LogP contribution in [0.2, 0.25) is 0 Å². The number of rotatable bonds is 9. The van der Waals surface area contributed by atoms with E-state index in [0.29, 0.717) is 6.54 Å². The van der Waals surface area contributed by atoms with Gasteiger partial charge in [-0.1, -0.05) is 0 Å². The van der Waals surface area contributed by atoms with Crippen LogP contribution in [-0.2, 0) is 9.47 Å². The number of unbranched alkanes of at least 4 members (excludes halogenated alkanes) is 2. The van der Waals surface area contributed by atoms with Gasteiger partial charge in [0.25, 0.3) is 0 Å². The van der Waals surface area contributed by atoms with Crippen LogP contribution >= 0.6 is 0 Å². The molecule has 0 aromatic rings. The standard InChI is InChI=1S/C17H36N2O3/c1-16(2,3)19(15(20)22-17(4,5)6)13-12-18-11-9-8-10-14-21-7/h18H,8-14H2,1-7H3. The van der Waals surface area contributed by atoms with E-state index in [-0.39, 0.29) is 11.6 Å². The Morgan fingerprint density at radius 1 is 1.00 bits per heavy atom. The Hall–Kier alpha value is -0.810. The fourth-order valence-electron chi connectivity index (χ4n) is 2.01. The molecule has 0 bridgehead atoms. The Morgan fingerprint density at radius 3 is 2.14 bits per heavy atom. The molecular weight excluding hydrogens is 280 g/mol. The summed E-state index contributed by atoms with van der Waals surface area (Å²) in [4.78, 5) is 14.1. The molecule has 0 radical (unpaired) electrons. The molecule has 0 spiro atoms. The van der Waals surface area contributed by atoms with Crippen molar-refractivity contribution in [1.82, 2.24) is 10.2 Å². The highest BCUT2D eigenvalue weighted by Gasteiger charge is 2.30. The number of hydrogen-bond donors (Lipinski definition) is 1. The summed E-state index contributed by atoms with van der Waals surface area (Å²) in [5.41, 5.74) is -0.710. The molecule has 5 nitrogen and oxygen atoms in total. The van der Waals surface area contributed by atoms with Gasteiger partial charge in [0.1, 0.15) is 5.60 Å². The van der Waals surface area contributed by atoms with Gasteiger partial charge in [0.15, 0.2) is 0 Å². The predicted molar refractivity (Wildman–Crippen MR) is 91.3 cm³/mol. The van der Waals surface area contributed by atoms with Gasteiger partial charge in [-0.3, -0.25) is 0 Å². The van der Waals surface area contributed by atoms with Crippen molar-refractivity contribution in [2.45, 2.75) is 71.9 Å². The van der Waals surface area contributed by atoms with E-state index in [2.05, 4.69) is 5.32 Å². The van der Waals surface area contributed by atoms with E-state index >= 15 is 0 Å². The van der Waals surface area contributed by atoms with Crippen LogP contribution in [0.5, 0.6) is 0 Å². The molecule has 22 heavy (non-hydrogen) atoms. The molecule has 0 aliphatic heterocycles. The summed E-state index contributed by atoms with van der Waals surface area (Å²) in [6.45, 7) is 15.0. The van der Waals surface area contributed by atoms with Gasteiger partial charge in [-0.05, 0) is 67.3 Å². The Bertz CT molecular complexity index is 306. The van der Waals surface area contributed by atoms with Crippen molar-refractivity contribution >= 4 is 6.09 Å². The zero-order valence-corrected chi connectivity index (χ0v) is 15.6. The lowest BCUT2D eigenvalue weighted by atomic mass is 10.1. The molecule has 0 rings (SSSR count). The zero-order valence-electron chi connectivity index (χ0n) is 15.6. The first kappa shape index (κ1) is 21.2. The molecule has 0 aliphatic rings. The number of methoxy groups -OCH3 is 1. The van der Waals surface area contributed by atoms with Crippen molar-refractivity contribution in [2.75, 3.05) is 33.4 Å². The summed E-state index contributed by atoms with van der Waals surface area (Å²) in [7, 11) is 1.73. The van der Waals surface area contributed by atoms with Crippen LogP contribution in [0.15, 0.2) is 0 Å². The summed E-state index contributed by atoms with van der Waals surface area (Å²) in [5.74, 6) is 0. The molecule has 0 aromatic carbocycles. The summed E-state index contributed by atoms with van der Waals surface area (Å²) >= 11 is 0. The van der Waals surface area contributed by atoms with Gasteiger partial charge in [0, 0.05) is 32.3 Å². The summed E-state index contributed by atoms with van der Waals surface area (Å²) in [5, 5.41) is 3.39. The minimum absolute atomic E-state index is 0.248. The maximum atomic E-state index is 12.3. The second kappa shape index (κ2) is 10.1. The lowest BCUT2D eigenvalue weighted by molar-refractivity contribution is 0.00665. The first-order chi connectivity index (χ1) is 10.1. The normalized spacial score (nSPS) is 12.3. The second-order valence-corrected chi connectivity index (χ2v) is 7.61. The third kappa shape index (κ3) is 10.9. The number of ether oxygens (including phenoxy) is 2. The van der Waals surface area contributed by atoms with E-state index in [4.69, 9.17) is 9.47 Å². The van der Waals surface area contributed by atoms with Crippen LogP contribution in [0.1, 0.15) is 60.8 Å². The number of hydrogen-bond acceptors (Lipinski definition) is 4. The molecule has 132 valence electrons. The van der Waals surface area contributed by atoms with Crippen molar-refractivity contribution in [3.05, 3.63) is 0 Å². The Morgan fingerprint density at radius 2 is 1.64 bits per heavy atom. The summed E-state index contributed by atoms with van der Waals surface area (Å²) < 4.78 is 10.5. The van der Waals surface area contributed by atoms with E-state index in [9.17, 15) is 4.79 Å². The highest BCUT2D eigenvalue weighted by molar-refractivity contribution is 5.69. The molecular formula is C17H36N2O3. The predicted octanol–water partition coefficient (Wildman–Crippen LogP) is 3.43. The second-order valence-electron chi connectivity index (χ2n) is 7.61. The smallest absolute Gasteiger partial charge is 0.410 e. The van der Waals surface area contributed by atoms with Crippen molar-refractivity contribution in [3.63, 3.8) is 0 Å². The van der Waals surface area contributed by atoms with Crippen molar-refractivity contribution in [2.24, 2.45) is 0 Å². The molecule has 0 saturated carbocycles. The molecule has 0 aliphatic carbocycles. The molecule has 0 saturated heterocycles. The molecule has 0 unspecified atom stereocenters. The van der Waals surface area contributed by atoms with Gasteiger partial charge in [-0.15, -0.1) is 0 Å². The Labute approximate surface area is 136 Å². The minimum Gasteiger partial charge on any atom is -0.444 e. The van der Waals surface area contributed by atoms with Gasteiger partial charge in [0.2, 0.25) is 0 Å². The number of amides is 1. The van der Waals surface area contributed by atoms with Gasteiger partial charge in [-0.25, -0.2) is 4.79 Å². The van der Waals surface area contributed by atoms with Crippen LogP contribution in [0.25, 0.3) is 0 Å². The first-order valence-corrected chi connectivity index (χ1v) is 8.28. The molecule has 0 heterocycles. The van der Waals surface area contributed by atoms with Crippen molar-refractivity contribution < 1.29 is 14.3 Å². The van der Waals surface area contributed by atoms with E-state index < -0.39 is 5.60 Å². The van der Waals surface area contributed by atoms with Crippen LogP contribution in [0.4, 0.5) is 4.79 Å². The SMILES string of the molecule is COCCCCCNCCN(C(=O)OC(C)(C)C)C(C)(C)C. The number of nitrogens with one attached hydrogen (secondary N) is 1. The maximum Gasteiger partial charge on any atom is 0.410 e.